The molecule has 2 nitrogen and oxygen atoms in total. The van der Waals surface area contributed by atoms with Crippen LogP contribution in [0.1, 0.15) is 30.9 Å². The van der Waals surface area contributed by atoms with E-state index in [0.29, 0.717) is 6.42 Å². The lowest BCUT2D eigenvalue weighted by Gasteiger charge is -2.07. The van der Waals surface area contributed by atoms with Crippen molar-refractivity contribution in [3.8, 4) is 0 Å². The molecule has 1 amide bonds. The summed E-state index contributed by atoms with van der Waals surface area (Å²) in [6, 6.07) is 6.32. The van der Waals surface area contributed by atoms with Crippen LogP contribution in [0, 0.1) is 0 Å². The number of carbonyl (C=O) groups is 1. The van der Waals surface area contributed by atoms with Gasteiger partial charge in [-0.15, -0.1) is 0 Å². The Morgan fingerprint density at radius 2 is 2.21 bits per heavy atom. The van der Waals surface area contributed by atoms with Crippen LogP contribution in [-0.2, 0) is 17.6 Å². The Balaban J connectivity index is 2.35. The van der Waals surface area contributed by atoms with E-state index in [1.165, 1.54) is 11.1 Å². The van der Waals surface area contributed by atoms with E-state index in [1.807, 2.05) is 6.07 Å². The lowest BCUT2D eigenvalue weighted by molar-refractivity contribution is -0.116. The number of hydrogen-bond acceptors (Lipinski definition) is 1. The third-order valence-corrected chi connectivity index (χ3v) is 2.70. The van der Waals surface area contributed by atoms with Crippen LogP contribution in [0.25, 0.3) is 0 Å². The molecule has 1 N–H and O–H groups in total. The number of hydrogen-bond donors (Lipinski definition) is 1. The normalized spacial score (nSPS) is 15.6. The Kier molecular flexibility index (Phi) is 2.53. The molecule has 1 aliphatic rings. The first-order valence-electron chi connectivity index (χ1n) is 5.21. The van der Waals surface area contributed by atoms with Crippen LogP contribution < -0.4 is 5.32 Å². The highest BCUT2D eigenvalue weighted by molar-refractivity contribution is 5.92. The van der Waals surface area contributed by atoms with Crippen molar-refractivity contribution in [2.75, 3.05) is 5.32 Å². The van der Waals surface area contributed by atoms with Gasteiger partial charge in [-0.2, -0.15) is 0 Å². The van der Waals surface area contributed by atoms with Gasteiger partial charge >= 0.3 is 0 Å². The maximum Gasteiger partial charge on any atom is 0.224 e. The standard InChI is InChI=1S/C12H15NO/c1-2-9-6-7-11-10(8-9)4-3-5-12(14)13-11/h6-8H,2-5H2,1H3,(H,13,14). The molecule has 0 unspecified atom stereocenters. The van der Waals surface area contributed by atoms with Crippen molar-refractivity contribution in [2.24, 2.45) is 0 Å². The van der Waals surface area contributed by atoms with E-state index in [1.54, 1.807) is 0 Å². The van der Waals surface area contributed by atoms with E-state index in [0.717, 1.165) is 24.9 Å². The fraction of sp³-hybridized carbons (Fsp3) is 0.417. The lowest BCUT2D eigenvalue weighted by Crippen LogP contribution is -2.09. The van der Waals surface area contributed by atoms with E-state index in [4.69, 9.17) is 0 Å². The summed E-state index contributed by atoms with van der Waals surface area (Å²) < 4.78 is 0. The molecule has 14 heavy (non-hydrogen) atoms. The van der Waals surface area contributed by atoms with E-state index < -0.39 is 0 Å². The molecule has 0 saturated carbocycles. The Labute approximate surface area is 84.3 Å². The fourth-order valence-corrected chi connectivity index (χ4v) is 1.85. The van der Waals surface area contributed by atoms with Crippen molar-refractivity contribution in [3.63, 3.8) is 0 Å². The number of amides is 1. The average molecular weight is 189 g/mol. The van der Waals surface area contributed by atoms with Gasteiger partial charge in [0.15, 0.2) is 0 Å². The maximum atomic E-state index is 11.3. The number of benzene rings is 1. The van der Waals surface area contributed by atoms with Crippen LogP contribution in [-0.4, -0.2) is 5.91 Å². The highest BCUT2D eigenvalue weighted by Crippen LogP contribution is 2.23. The van der Waals surface area contributed by atoms with Gasteiger partial charge in [-0.25, -0.2) is 0 Å². The third-order valence-electron chi connectivity index (χ3n) is 2.70. The molecule has 0 aliphatic carbocycles. The van der Waals surface area contributed by atoms with Gasteiger partial charge in [0.25, 0.3) is 0 Å². The monoisotopic (exact) mass is 189 g/mol. The highest BCUT2D eigenvalue weighted by atomic mass is 16.1. The largest absolute Gasteiger partial charge is 0.326 e. The first-order valence-corrected chi connectivity index (χ1v) is 5.21. The molecule has 0 spiro atoms. The van der Waals surface area contributed by atoms with Gasteiger partial charge in [-0.1, -0.05) is 19.1 Å². The van der Waals surface area contributed by atoms with Crippen LogP contribution in [0.15, 0.2) is 18.2 Å². The Bertz CT molecular complexity index is 357. The van der Waals surface area contributed by atoms with E-state index in [2.05, 4.69) is 24.4 Å². The molecule has 1 heterocycles. The van der Waals surface area contributed by atoms with Gasteiger partial charge in [0.1, 0.15) is 0 Å². The zero-order valence-corrected chi connectivity index (χ0v) is 8.47. The van der Waals surface area contributed by atoms with Gasteiger partial charge in [0.2, 0.25) is 5.91 Å². The molecule has 1 aliphatic heterocycles. The molecule has 74 valence electrons. The number of nitrogens with one attached hydrogen (secondary N) is 1. The van der Waals surface area contributed by atoms with Crippen molar-refractivity contribution in [3.05, 3.63) is 29.3 Å². The fourth-order valence-electron chi connectivity index (χ4n) is 1.85. The second kappa shape index (κ2) is 3.82. The summed E-state index contributed by atoms with van der Waals surface area (Å²) in [5.74, 6) is 0.146. The van der Waals surface area contributed by atoms with Crippen molar-refractivity contribution < 1.29 is 4.79 Å². The van der Waals surface area contributed by atoms with Crippen molar-refractivity contribution in [1.29, 1.82) is 0 Å². The minimum atomic E-state index is 0.146. The van der Waals surface area contributed by atoms with E-state index >= 15 is 0 Å². The van der Waals surface area contributed by atoms with Crippen LogP contribution in [0.3, 0.4) is 0 Å². The second-order valence-electron chi connectivity index (χ2n) is 3.75. The summed E-state index contributed by atoms with van der Waals surface area (Å²) in [4.78, 5) is 11.3. The minimum absolute atomic E-state index is 0.146. The summed E-state index contributed by atoms with van der Waals surface area (Å²) in [6.45, 7) is 2.15. The summed E-state index contributed by atoms with van der Waals surface area (Å²) >= 11 is 0. The number of rotatable bonds is 1. The summed E-state index contributed by atoms with van der Waals surface area (Å²) in [5, 5.41) is 2.93. The minimum Gasteiger partial charge on any atom is -0.326 e. The molecule has 0 fully saturated rings. The molecule has 2 rings (SSSR count). The second-order valence-corrected chi connectivity index (χ2v) is 3.75. The van der Waals surface area contributed by atoms with Gasteiger partial charge < -0.3 is 5.32 Å². The predicted octanol–water partition coefficient (Wildman–Crippen LogP) is 2.52. The van der Waals surface area contributed by atoms with Crippen molar-refractivity contribution >= 4 is 11.6 Å². The number of anilines is 1. The molecule has 0 radical (unpaired) electrons. The molecule has 1 aromatic rings. The number of aryl methyl sites for hydroxylation is 2. The van der Waals surface area contributed by atoms with Gasteiger partial charge in [-0.3, -0.25) is 4.79 Å². The highest BCUT2D eigenvalue weighted by Gasteiger charge is 2.12. The van der Waals surface area contributed by atoms with E-state index in [-0.39, 0.29) is 5.91 Å². The van der Waals surface area contributed by atoms with Gasteiger partial charge in [0, 0.05) is 12.1 Å². The smallest absolute Gasteiger partial charge is 0.224 e. The summed E-state index contributed by atoms with van der Waals surface area (Å²) in [7, 11) is 0. The van der Waals surface area contributed by atoms with Crippen LogP contribution in [0.2, 0.25) is 0 Å². The van der Waals surface area contributed by atoms with Crippen molar-refractivity contribution in [1.82, 2.24) is 0 Å². The number of carbonyl (C=O) groups excluding carboxylic acids is 1. The molecule has 0 atom stereocenters. The van der Waals surface area contributed by atoms with Crippen molar-refractivity contribution in [2.45, 2.75) is 32.6 Å². The molecule has 0 bridgehead atoms. The molecule has 2 heteroatoms. The first-order chi connectivity index (χ1) is 6.79. The predicted molar refractivity (Wildman–Crippen MR) is 57.4 cm³/mol. The summed E-state index contributed by atoms with van der Waals surface area (Å²) in [6.07, 6.45) is 3.69. The molecule has 1 aromatic carbocycles. The van der Waals surface area contributed by atoms with E-state index in [9.17, 15) is 4.79 Å². The van der Waals surface area contributed by atoms with Crippen LogP contribution in [0.5, 0.6) is 0 Å². The Morgan fingerprint density at radius 1 is 1.36 bits per heavy atom. The topological polar surface area (TPSA) is 29.1 Å². The molecular weight excluding hydrogens is 174 g/mol. The molecule has 0 aromatic heterocycles. The molecular formula is C12H15NO. The third kappa shape index (κ3) is 1.79. The van der Waals surface area contributed by atoms with Crippen LogP contribution in [0.4, 0.5) is 5.69 Å². The zero-order chi connectivity index (χ0) is 9.97. The zero-order valence-electron chi connectivity index (χ0n) is 8.47. The summed E-state index contributed by atoms with van der Waals surface area (Å²) in [5.41, 5.74) is 3.64. The van der Waals surface area contributed by atoms with Crippen LogP contribution >= 0.6 is 0 Å². The number of fused-ring (bicyclic) bond motifs is 1. The quantitative estimate of drug-likeness (QED) is 0.722. The lowest BCUT2D eigenvalue weighted by atomic mass is 10.0. The maximum absolute atomic E-state index is 11.3. The van der Waals surface area contributed by atoms with Gasteiger partial charge in [-0.05, 0) is 36.5 Å². The average Bonchev–Trinajstić information content (AvgIpc) is 2.37. The molecule has 0 saturated heterocycles. The van der Waals surface area contributed by atoms with Gasteiger partial charge in [0.05, 0.1) is 0 Å². The Morgan fingerprint density at radius 3 is 3.00 bits per heavy atom. The SMILES string of the molecule is CCc1ccc2c(c1)CCCC(=O)N2. The first kappa shape index (κ1) is 9.25. The Hall–Kier alpha value is -1.31.